The number of carbonyl (C=O) groups excluding carboxylic acids is 1. The number of amides is 1. The summed E-state index contributed by atoms with van der Waals surface area (Å²) >= 11 is 0. The Morgan fingerprint density at radius 3 is 2.69 bits per heavy atom. The molecule has 4 N–H and O–H groups in total. The zero-order chi connectivity index (χ0) is 9.68. The van der Waals surface area contributed by atoms with E-state index in [1.54, 1.807) is 7.05 Å². The molecule has 13 heavy (non-hydrogen) atoms. The van der Waals surface area contributed by atoms with E-state index in [1.807, 2.05) is 0 Å². The van der Waals surface area contributed by atoms with E-state index < -0.39 is 6.04 Å². The molecule has 1 atom stereocenters. The van der Waals surface area contributed by atoms with Gasteiger partial charge in [-0.3, -0.25) is 10.2 Å². The third-order valence-electron chi connectivity index (χ3n) is 2.32. The fourth-order valence-corrected chi connectivity index (χ4v) is 1.50. The predicted octanol–water partition coefficient (Wildman–Crippen LogP) is -1.01. The van der Waals surface area contributed by atoms with E-state index in [2.05, 4.69) is 10.9 Å². The summed E-state index contributed by atoms with van der Waals surface area (Å²) < 4.78 is 5.19. The highest BCUT2D eigenvalue weighted by molar-refractivity contribution is 5.81. The summed E-state index contributed by atoms with van der Waals surface area (Å²) in [6.45, 7) is 1.43. The number of nitrogens with one attached hydrogen (secondary N) is 2. The Morgan fingerprint density at radius 1 is 1.54 bits per heavy atom. The minimum Gasteiger partial charge on any atom is -0.381 e. The first kappa shape index (κ1) is 10.4. The van der Waals surface area contributed by atoms with E-state index in [0.717, 1.165) is 12.8 Å². The van der Waals surface area contributed by atoms with Gasteiger partial charge in [-0.15, -0.1) is 0 Å². The largest absolute Gasteiger partial charge is 0.381 e. The van der Waals surface area contributed by atoms with Crippen molar-refractivity contribution < 1.29 is 9.53 Å². The van der Waals surface area contributed by atoms with Gasteiger partial charge in [-0.1, -0.05) is 0 Å². The third kappa shape index (κ3) is 2.95. The smallest absolute Gasteiger partial charge is 0.251 e. The van der Waals surface area contributed by atoms with Crippen molar-refractivity contribution in [3.63, 3.8) is 0 Å². The van der Waals surface area contributed by atoms with Gasteiger partial charge >= 0.3 is 0 Å². The Labute approximate surface area is 78.0 Å². The Kier molecular flexibility index (Phi) is 4.14. The molecule has 0 aliphatic carbocycles. The molecule has 1 fully saturated rings. The summed E-state index contributed by atoms with van der Waals surface area (Å²) in [4.78, 5) is 11.3. The molecule has 0 radical (unpaired) electrons. The first-order valence-electron chi connectivity index (χ1n) is 4.55. The summed E-state index contributed by atoms with van der Waals surface area (Å²) in [7, 11) is 1.65. The number of rotatable bonds is 3. The number of hydrazine groups is 1. The highest BCUT2D eigenvalue weighted by Gasteiger charge is 2.25. The number of nitrogens with two attached hydrogens (primary N) is 1. The molecular weight excluding hydrogens is 170 g/mol. The van der Waals surface area contributed by atoms with Crippen LogP contribution >= 0.6 is 0 Å². The second kappa shape index (κ2) is 5.16. The lowest BCUT2D eigenvalue weighted by Crippen LogP contribution is -2.50. The average molecular weight is 187 g/mol. The Balaban J connectivity index is 2.35. The molecule has 1 unspecified atom stereocenters. The summed E-state index contributed by atoms with van der Waals surface area (Å²) in [5, 5.41) is 0. The quantitative estimate of drug-likeness (QED) is 0.495. The minimum atomic E-state index is -0.420. The summed E-state index contributed by atoms with van der Waals surface area (Å²) in [6, 6.07) is -0.420. The van der Waals surface area contributed by atoms with Crippen LogP contribution < -0.4 is 16.6 Å². The Hall–Kier alpha value is -0.650. The first-order valence-corrected chi connectivity index (χ1v) is 4.55. The molecule has 76 valence electrons. The van der Waals surface area contributed by atoms with Gasteiger partial charge in [0.05, 0.1) is 6.04 Å². The van der Waals surface area contributed by atoms with Crippen molar-refractivity contribution in [3.8, 4) is 0 Å². The second-order valence-electron chi connectivity index (χ2n) is 3.21. The number of carbonyl (C=O) groups is 1. The van der Waals surface area contributed by atoms with Crippen LogP contribution in [0.3, 0.4) is 0 Å². The molecule has 1 amide bonds. The van der Waals surface area contributed by atoms with Crippen molar-refractivity contribution in [2.75, 3.05) is 20.3 Å². The van der Waals surface area contributed by atoms with E-state index in [-0.39, 0.29) is 11.8 Å². The van der Waals surface area contributed by atoms with Gasteiger partial charge in [0.1, 0.15) is 0 Å². The van der Waals surface area contributed by atoms with Crippen molar-refractivity contribution in [1.82, 2.24) is 10.9 Å². The molecule has 1 heterocycles. The molecule has 5 nitrogen and oxygen atoms in total. The van der Waals surface area contributed by atoms with Crippen LogP contribution in [0.25, 0.3) is 0 Å². The maximum atomic E-state index is 11.3. The molecule has 1 aliphatic heterocycles. The lowest BCUT2D eigenvalue weighted by molar-refractivity contribution is -0.125. The van der Waals surface area contributed by atoms with E-state index in [4.69, 9.17) is 10.5 Å². The van der Waals surface area contributed by atoms with Crippen LogP contribution in [-0.2, 0) is 9.53 Å². The van der Waals surface area contributed by atoms with Crippen LogP contribution in [0.5, 0.6) is 0 Å². The van der Waals surface area contributed by atoms with Gasteiger partial charge in [-0.2, -0.15) is 0 Å². The van der Waals surface area contributed by atoms with Crippen LogP contribution in [0.1, 0.15) is 12.8 Å². The molecule has 5 heteroatoms. The maximum absolute atomic E-state index is 11.3. The van der Waals surface area contributed by atoms with Gasteiger partial charge in [-0.25, -0.2) is 5.43 Å². The zero-order valence-electron chi connectivity index (χ0n) is 7.88. The molecule has 0 saturated carbocycles. The second-order valence-corrected chi connectivity index (χ2v) is 3.21. The van der Waals surface area contributed by atoms with Crippen molar-refractivity contribution in [2.45, 2.75) is 18.9 Å². The fourth-order valence-electron chi connectivity index (χ4n) is 1.50. The highest BCUT2D eigenvalue weighted by Crippen LogP contribution is 2.17. The standard InChI is InChI=1S/C8H17N3O2/c1-10-11-8(12)7(9)6-2-4-13-5-3-6/h6-7,10H,2-5,9H2,1H3,(H,11,12). The molecule has 0 spiro atoms. The van der Waals surface area contributed by atoms with Gasteiger partial charge in [0.2, 0.25) is 0 Å². The molecule has 0 aromatic carbocycles. The lowest BCUT2D eigenvalue weighted by Gasteiger charge is -2.26. The topological polar surface area (TPSA) is 76.4 Å². The number of hydrogen-bond donors (Lipinski definition) is 3. The maximum Gasteiger partial charge on any atom is 0.251 e. The SMILES string of the molecule is CNNC(=O)C(N)C1CCOCC1. The zero-order valence-corrected chi connectivity index (χ0v) is 7.88. The van der Waals surface area contributed by atoms with Crippen LogP contribution in [0.15, 0.2) is 0 Å². The molecule has 1 saturated heterocycles. The summed E-state index contributed by atoms with van der Waals surface area (Å²) in [5.74, 6) is 0.108. The van der Waals surface area contributed by atoms with Gasteiger partial charge in [0.15, 0.2) is 0 Å². The molecule has 1 aliphatic rings. The van der Waals surface area contributed by atoms with Crippen LogP contribution in [0.2, 0.25) is 0 Å². The first-order chi connectivity index (χ1) is 6.25. The van der Waals surface area contributed by atoms with Crippen molar-refractivity contribution in [3.05, 3.63) is 0 Å². The molecular formula is C8H17N3O2. The number of hydrogen-bond acceptors (Lipinski definition) is 4. The van der Waals surface area contributed by atoms with Gasteiger partial charge in [-0.05, 0) is 18.8 Å². The van der Waals surface area contributed by atoms with E-state index in [0.29, 0.717) is 13.2 Å². The van der Waals surface area contributed by atoms with Crippen LogP contribution in [0.4, 0.5) is 0 Å². The van der Waals surface area contributed by atoms with Crippen molar-refractivity contribution in [1.29, 1.82) is 0 Å². The fraction of sp³-hybridized carbons (Fsp3) is 0.875. The Bertz CT molecular complexity index is 169. The predicted molar refractivity (Wildman–Crippen MR) is 48.7 cm³/mol. The average Bonchev–Trinajstić information content (AvgIpc) is 2.18. The highest BCUT2D eigenvalue weighted by atomic mass is 16.5. The van der Waals surface area contributed by atoms with Gasteiger partial charge in [0, 0.05) is 20.3 Å². The molecule has 1 rings (SSSR count). The van der Waals surface area contributed by atoms with Gasteiger partial charge < -0.3 is 10.5 Å². The minimum absolute atomic E-state index is 0.144. The molecule has 0 bridgehead atoms. The summed E-state index contributed by atoms with van der Waals surface area (Å²) in [5.41, 5.74) is 10.8. The van der Waals surface area contributed by atoms with E-state index in [9.17, 15) is 4.79 Å². The van der Waals surface area contributed by atoms with Crippen LogP contribution in [0, 0.1) is 5.92 Å². The van der Waals surface area contributed by atoms with E-state index >= 15 is 0 Å². The Morgan fingerprint density at radius 2 is 2.15 bits per heavy atom. The van der Waals surface area contributed by atoms with Crippen molar-refractivity contribution >= 4 is 5.91 Å². The molecule has 0 aromatic heterocycles. The lowest BCUT2D eigenvalue weighted by atomic mass is 9.92. The monoisotopic (exact) mass is 187 g/mol. The third-order valence-corrected chi connectivity index (χ3v) is 2.32. The summed E-state index contributed by atoms with van der Waals surface area (Å²) in [6.07, 6.45) is 1.75. The van der Waals surface area contributed by atoms with Crippen molar-refractivity contribution in [2.24, 2.45) is 11.7 Å². The van der Waals surface area contributed by atoms with Gasteiger partial charge in [0.25, 0.3) is 5.91 Å². The molecule has 0 aromatic rings. The van der Waals surface area contributed by atoms with Crippen LogP contribution in [-0.4, -0.2) is 32.2 Å². The van der Waals surface area contributed by atoms with E-state index in [1.165, 1.54) is 0 Å². The normalized spacial score (nSPS) is 21.1. The number of ether oxygens (including phenoxy) is 1.